The van der Waals surface area contributed by atoms with Gasteiger partial charge in [-0.15, -0.1) is 0 Å². The largest absolute Gasteiger partial charge is 0.494 e. The zero-order valence-corrected chi connectivity index (χ0v) is 16.1. The summed E-state index contributed by atoms with van der Waals surface area (Å²) in [5.41, 5.74) is 1.74. The van der Waals surface area contributed by atoms with Gasteiger partial charge in [0, 0.05) is 17.5 Å². The van der Waals surface area contributed by atoms with Gasteiger partial charge in [-0.25, -0.2) is 23.1 Å². The number of nitrogens with one attached hydrogen (secondary N) is 1. The van der Waals surface area contributed by atoms with Gasteiger partial charge < -0.3 is 10.1 Å². The van der Waals surface area contributed by atoms with E-state index in [1.165, 1.54) is 25.6 Å². The summed E-state index contributed by atoms with van der Waals surface area (Å²) in [6.07, 6.45) is 1.35. The number of halogens is 3. The second-order valence-corrected chi connectivity index (χ2v) is 6.56. The summed E-state index contributed by atoms with van der Waals surface area (Å²) in [7, 11) is 1.42. The van der Waals surface area contributed by atoms with Crippen LogP contribution in [0.2, 0.25) is 0 Å². The molecule has 0 aliphatic rings. The second-order valence-electron chi connectivity index (χ2n) is 6.56. The molecule has 30 heavy (non-hydrogen) atoms. The van der Waals surface area contributed by atoms with Crippen LogP contribution in [0.25, 0.3) is 22.0 Å². The summed E-state index contributed by atoms with van der Waals surface area (Å²) >= 11 is 0. The van der Waals surface area contributed by atoms with E-state index < -0.39 is 17.5 Å². The Morgan fingerprint density at radius 1 is 0.967 bits per heavy atom. The van der Waals surface area contributed by atoms with Gasteiger partial charge >= 0.3 is 0 Å². The predicted molar refractivity (Wildman–Crippen MR) is 105 cm³/mol. The number of hydrogen-bond donors (Lipinski definition) is 1. The highest BCUT2D eigenvalue weighted by Crippen LogP contribution is 2.36. The molecule has 0 aliphatic heterocycles. The SMILES string of the molecule is COc1cc(-c2c(F)cc(F)cc2F)cc2c(NCc3ccc(C)nn3)ncnc12. The molecule has 0 radical (unpaired) electrons. The monoisotopic (exact) mass is 411 g/mol. The van der Waals surface area contributed by atoms with Gasteiger partial charge in [0.05, 0.1) is 30.6 Å². The van der Waals surface area contributed by atoms with Crippen molar-refractivity contribution in [2.75, 3.05) is 12.4 Å². The number of rotatable bonds is 5. The number of hydrogen-bond acceptors (Lipinski definition) is 6. The fourth-order valence-corrected chi connectivity index (χ4v) is 3.09. The molecule has 6 nitrogen and oxygen atoms in total. The molecule has 0 bridgehead atoms. The molecular weight excluding hydrogens is 395 g/mol. The van der Waals surface area contributed by atoms with E-state index in [2.05, 4.69) is 25.5 Å². The van der Waals surface area contributed by atoms with Gasteiger partial charge in [-0.3, -0.25) is 0 Å². The first-order valence-electron chi connectivity index (χ1n) is 8.97. The lowest BCUT2D eigenvalue weighted by Crippen LogP contribution is -2.06. The summed E-state index contributed by atoms with van der Waals surface area (Å²) in [4.78, 5) is 8.46. The predicted octanol–water partition coefficient (Wildman–Crippen LogP) is 4.43. The van der Waals surface area contributed by atoms with E-state index in [0.717, 1.165) is 5.69 Å². The fraction of sp³-hybridized carbons (Fsp3) is 0.143. The third-order valence-corrected chi connectivity index (χ3v) is 4.51. The molecule has 0 unspecified atom stereocenters. The highest BCUT2D eigenvalue weighted by molar-refractivity contribution is 5.96. The zero-order valence-electron chi connectivity index (χ0n) is 16.1. The van der Waals surface area contributed by atoms with Gasteiger partial charge in [-0.05, 0) is 36.8 Å². The minimum atomic E-state index is -1.02. The number of fused-ring (bicyclic) bond motifs is 1. The third-order valence-electron chi connectivity index (χ3n) is 4.51. The first-order valence-corrected chi connectivity index (χ1v) is 8.97. The molecular formula is C21H16F3N5O. The quantitative estimate of drug-likeness (QED) is 0.524. The van der Waals surface area contributed by atoms with Crippen LogP contribution in [-0.2, 0) is 6.54 Å². The Morgan fingerprint density at radius 2 is 1.73 bits per heavy atom. The molecule has 4 aromatic rings. The molecule has 2 heterocycles. The first kappa shape index (κ1) is 19.6. The van der Waals surface area contributed by atoms with Crippen molar-refractivity contribution in [3.63, 3.8) is 0 Å². The maximum atomic E-state index is 14.4. The van der Waals surface area contributed by atoms with Crippen molar-refractivity contribution in [2.24, 2.45) is 0 Å². The highest BCUT2D eigenvalue weighted by Gasteiger charge is 2.18. The molecule has 0 spiro atoms. The Labute approximate surface area is 169 Å². The van der Waals surface area contributed by atoms with E-state index in [0.29, 0.717) is 46.8 Å². The Balaban J connectivity index is 1.81. The number of methoxy groups -OCH3 is 1. The maximum absolute atomic E-state index is 14.4. The number of ether oxygens (including phenoxy) is 1. The van der Waals surface area contributed by atoms with Crippen LogP contribution in [0, 0.1) is 24.4 Å². The standard InChI is InChI=1S/C21H16F3N5O/c1-11-3-4-14(29-28-11)9-25-21-15-5-12(6-18(30-2)20(15)26-10-27-21)19-16(23)7-13(22)8-17(19)24/h3-8,10H,9H2,1-2H3,(H,25,26,27). The summed E-state index contributed by atoms with van der Waals surface area (Å²) in [6.45, 7) is 2.16. The number of aryl methyl sites for hydroxylation is 1. The van der Waals surface area contributed by atoms with Gasteiger partial charge in [0.25, 0.3) is 0 Å². The van der Waals surface area contributed by atoms with Gasteiger partial charge in [-0.2, -0.15) is 10.2 Å². The maximum Gasteiger partial charge on any atom is 0.145 e. The molecule has 0 saturated carbocycles. The van der Waals surface area contributed by atoms with E-state index in [-0.39, 0.29) is 11.1 Å². The van der Waals surface area contributed by atoms with Crippen molar-refractivity contribution in [2.45, 2.75) is 13.5 Å². The number of nitrogens with zero attached hydrogens (tertiary/aromatic N) is 4. The average molecular weight is 411 g/mol. The summed E-state index contributed by atoms with van der Waals surface area (Å²) in [5, 5.41) is 11.7. The van der Waals surface area contributed by atoms with E-state index in [4.69, 9.17) is 4.74 Å². The van der Waals surface area contributed by atoms with Gasteiger partial charge in [0.15, 0.2) is 0 Å². The lowest BCUT2D eigenvalue weighted by Gasteiger charge is -2.13. The van der Waals surface area contributed by atoms with Crippen molar-refractivity contribution in [3.05, 3.63) is 71.6 Å². The van der Waals surface area contributed by atoms with Crippen LogP contribution in [0.4, 0.5) is 19.0 Å². The summed E-state index contributed by atoms with van der Waals surface area (Å²) in [6, 6.07) is 7.90. The number of benzene rings is 2. The minimum absolute atomic E-state index is 0.169. The van der Waals surface area contributed by atoms with Crippen molar-refractivity contribution in [3.8, 4) is 16.9 Å². The zero-order chi connectivity index (χ0) is 21.3. The van der Waals surface area contributed by atoms with E-state index >= 15 is 0 Å². The third kappa shape index (κ3) is 3.73. The molecule has 1 N–H and O–H groups in total. The van der Waals surface area contributed by atoms with Gasteiger partial charge in [0.2, 0.25) is 0 Å². The molecule has 9 heteroatoms. The number of aromatic nitrogens is 4. The molecule has 4 rings (SSSR count). The lowest BCUT2D eigenvalue weighted by atomic mass is 10.0. The molecule has 0 fully saturated rings. The van der Waals surface area contributed by atoms with Gasteiger partial charge in [0.1, 0.15) is 40.9 Å². The van der Waals surface area contributed by atoms with Crippen LogP contribution in [0.15, 0.2) is 42.7 Å². The Bertz CT molecular complexity index is 1210. The Hall–Kier alpha value is -3.75. The van der Waals surface area contributed by atoms with E-state index in [1.54, 1.807) is 0 Å². The minimum Gasteiger partial charge on any atom is -0.494 e. The molecule has 2 aromatic carbocycles. The molecule has 0 saturated heterocycles. The normalized spacial score (nSPS) is 11.0. The second kappa shape index (κ2) is 7.94. The van der Waals surface area contributed by atoms with Crippen LogP contribution >= 0.6 is 0 Å². The topological polar surface area (TPSA) is 72.8 Å². The van der Waals surface area contributed by atoms with E-state index in [9.17, 15) is 13.2 Å². The van der Waals surface area contributed by atoms with Gasteiger partial charge in [-0.1, -0.05) is 0 Å². The van der Waals surface area contributed by atoms with Crippen molar-refractivity contribution in [1.82, 2.24) is 20.2 Å². The lowest BCUT2D eigenvalue weighted by molar-refractivity contribution is 0.419. The van der Waals surface area contributed by atoms with Crippen LogP contribution in [-0.4, -0.2) is 27.3 Å². The van der Waals surface area contributed by atoms with Crippen LogP contribution < -0.4 is 10.1 Å². The fourth-order valence-electron chi connectivity index (χ4n) is 3.09. The first-order chi connectivity index (χ1) is 14.5. The van der Waals surface area contributed by atoms with Crippen molar-refractivity contribution < 1.29 is 17.9 Å². The molecule has 0 amide bonds. The van der Waals surface area contributed by atoms with Crippen LogP contribution in [0.1, 0.15) is 11.4 Å². The summed E-state index contributed by atoms with van der Waals surface area (Å²) < 4.78 is 47.4. The Morgan fingerprint density at radius 3 is 2.40 bits per heavy atom. The highest BCUT2D eigenvalue weighted by atomic mass is 19.1. The van der Waals surface area contributed by atoms with Crippen molar-refractivity contribution >= 4 is 16.7 Å². The van der Waals surface area contributed by atoms with Crippen LogP contribution in [0.5, 0.6) is 5.75 Å². The molecule has 2 aromatic heterocycles. The molecule has 152 valence electrons. The molecule has 0 atom stereocenters. The molecule has 0 aliphatic carbocycles. The van der Waals surface area contributed by atoms with Crippen molar-refractivity contribution in [1.29, 1.82) is 0 Å². The Kier molecular flexibility index (Phi) is 5.18. The summed E-state index contributed by atoms with van der Waals surface area (Å²) in [5.74, 6) is -2.31. The van der Waals surface area contributed by atoms with E-state index in [1.807, 2.05) is 19.1 Å². The number of anilines is 1. The smallest absolute Gasteiger partial charge is 0.145 e. The van der Waals surface area contributed by atoms with Crippen LogP contribution in [0.3, 0.4) is 0 Å². The average Bonchev–Trinajstić information content (AvgIpc) is 2.72.